The molecule has 5 nitrogen and oxygen atoms in total. The third kappa shape index (κ3) is 6.22. The number of aryl methyl sites for hydroxylation is 1. The van der Waals surface area contributed by atoms with Crippen LogP contribution >= 0.6 is 11.8 Å². The average molecular weight is 506 g/mol. The topological polar surface area (TPSA) is 52.7 Å². The number of nitrogens with zero attached hydrogens (tertiary/aromatic N) is 2. The molecule has 0 unspecified atom stereocenters. The van der Waals surface area contributed by atoms with Gasteiger partial charge in [-0.05, 0) is 62.9 Å². The minimum Gasteiger partial charge on any atom is -0.351 e. The van der Waals surface area contributed by atoms with E-state index >= 15 is 0 Å². The molecule has 1 N–H and O–H groups in total. The minimum absolute atomic E-state index is 0.0526. The van der Waals surface area contributed by atoms with Gasteiger partial charge in [0.15, 0.2) is 0 Å². The second-order valence-electron chi connectivity index (χ2n) is 10.1. The monoisotopic (exact) mass is 505 g/mol. The standard InChI is InChI=1S/C30H39N3O2S/c1-5-22(3)33(25-12-7-6-8-13-25)17-16-31-29(34)24-14-15-27-26(20-24)32(4)30(35)28(36-27)19-23-11-9-10-21(2)18-23/h9-11,14-15,18-20,22,25H,5-8,12-13,16-17H2,1-4H3,(H,31,34)/b28-19+/t22-/m0/s1. The van der Waals surface area contributed by atoms with Crippen molar-refractivity contribution < 1.29 is 9.59 Å². The third-order valence-corrected chi connectivity index (χ3v) is 8.59. The Morgan fingerprint density at radius 2 is 1.97 bits per heavy atom. The molecule has 192 valence electrons. The van der Waals surface area contributed by atoms with E-state index in [0.29, 0.717) is 29.1 Å². The van der Waals surface area contributed by atoms with E-state index in [0.717, 1.165) is 34.7 Å². The molecular formula is C30H39N3O2S. The average Bonchev–Trinajstić information content (AvgIpc) is 2.89. The van der Waals surface area contributed by atoms with Crippen LogP contribution in [-0.2, 0) is 4.79 Å². The number of hydrogen-bond acceptors (Lipinski definition) is 4. The summed E-state index contributed by atoms with van der Waals surface area (Å²) >= 11 is 1.46. The minimum atomic E-state index is -0.0857. The third-order valence-electron chi connectivity index (χ3n) is 7.51. The van der Waals surface area contributed by atoms with Crippen molar-refractivity contribution in [3.63, 3.8) is 0 Å². The number of likely N-dealkylation sites (N-methyl/N-ethyl adjacent to an activating group) is 1. The Kier molecular flexibility index (Phi) is 8.91. The van der Waals surface area contributed by atoms with E-state index in [1.54, 1.807) is 11.9 Å². The lowest BCUT2D eigenvalue weighted by Gasteiger charge is -2.38. The van der Waals surface area contributed by atoms with Crippen molar-refractivity contribution in [2.45, 2.75) is 76.3 Å². The van der Waals surface area contributed by atoms with Gasteiger partial charge in [-0.15, -0.1) is 0 Å². The van der Waals surface area contributed by atoms with Crippen molar-refractivity contribution >= 4 is 35.3 Å². The number of amides is 2. The molecular weight excluding hydrogens is 466 g/mol. The summed E-state index contributed by atoms with van der Waals surface area (Å²) in [7, 11) is 1.78. The zero-order valence-electron chi connectivity index (χ0n) is 22.0. The zero-order valence-corrected chi connectivity index (χ0v) is 22.9. The van der Waals surface area contributed by atoms with Crippen molar-refractivity contribution in [3.8, 4) is 0 Å². The van der Waals surface area contributed by atoms with E-state index in [2.05, 4.69) is 30.1 Å². The Morgan fingerprint density at radius 3 is 2.69 bits per heavy atom. The molecule has 0 saturated heterocycles. The first-order chi connectivity index (χ1) is 17.4. The maximum absolute atomic E-state index is 13.1. The van der Waals surface area contributed by atoms with Crippen LogP contribution in [0.2, 0.25) is 0 Å². The van der Waals surface area contributed by atoms with Gasteiger partial charge in [-0.1, -0.05) is 67.8 Å². The summed E-state index contributed by atoms with van der Waals surface area (Å²) < 4.78 is 0. The number of benzene rings is 2. The van der Waals surface area contributed by atoms with E-state index in [1.807, 2.05) is 49.4 Å². The quantitative estimate of drug-likeness (QED) is 0.430. The summed E-state index contributed by atoms with van der Waals surface area (Å²) in [6.45, 7) is 8.08. The van der Waals surface area contributed by atoms with Gasteiger partial charge < -0.3 is 10.2 Å². The van der Waals surface area contributed by atoms with E-state index in [1.165, 1.54) is 43.9 Å². The summed E-state index contributed by atoms with van der Waals surface area (Å²) in [5, 5.41) is 3.12. The Labute approximate surface area is 220 Å². The number of hydrogen-bond donors (Lipinski definition) is 1. The van der Waals surface area contributed by atoms with Gasteiger partial charge in [-0.2, -0.15) is 0 Å². The number of carbonyl (C=O) groups excluding carboxylic acids is 2. The molecule has 1 atom stereocenters. The fourth-order valence-corrected chi connectivity index (χ4v) is 6.35. The number of rotatable bonds is 8. The lowest BCUT2D eigenvalue weighted by Crippen LogP contribution is -2.46. The van der Waals surface area contributed by atoms with Crippen LogP contribution in [-0.4, -0.2) is 48.9 Å². The van der Waals surface area contributed by atoms with E-state index < -0.39 is 0 Å². The van der Waals surface area contributed by atoms with Gasteiger partial charge in [0.1, 0.15) is 0 Å². The molecule has 2 amide bonds. The first-order valence-electron chi connectivity index (χ1n) is 13.3. The molecule has 36 heavy (non-hydrogen) atoms. The number of anilines is 1. The van der Waals surface area contributed by atoms with Gasteiger partial charge in [0.2, 0.25) is 0 Å². The maximum Gasteiger partial charge on any atom is 0.264 e. The first kappa shape index (κ1) is 26.5. The molecule has 2 aromatic carbocycles. The van der Waals surface area contributed by atoms with Crippen LogP contribution in [0.15, 0.2) is 52.3 Å². The Bertz CT molecular complexity index is 1120. The van der Waals surface area contributed by atoms with Crippen molar-refractivity contribution in [3.05, 3.63) is 64.1 Å². The smallest absolute Gasteiger partial charge is 0.264 e. The van der Waals surface area contributed by atoms with Crippen LogP contribution in [0.25, 0.3) is 6.08 Å². The highest BCUT2D eigenvalue weighted by Gasteiger charge is 2.28. The Balaban J connectivity index is 1.42. The molecule has 1 heterocycles. The highest BCUT2D eigenvalue weighted by molar-refractivity contribution is 8.04. The fourth-order valence-electron chi connectivity index (χ4n) is 5.26. The van der Waals surface area contributed by atoms with Crippen LogP contribution in [0.1, 0.15) is 73.9 Å². The van der Waals surface area contributed by atoms with Crippen molar-refractivity contribution in [1.82, 2.24) is 10.2 Å². The maximum atomic E-state index is 13.1. The molecule has 4 rings (SSSR count). The van der Waals surface area contributed by atoms with Gasteiger partial charge in [-0.25, -0.2) is 0 Å². The summed E-state index contributed by atoms with van der Waals surface area (Å²) in [4.78, 5) is 32.0. The first-order valence-corrected chi connectivity index (χ1v) is 14.1. The zero-order chi connectivity index (χ0) is 25.7. The summed E-state index contributed by atoms with van der Waals surface area (Å²) in [6, 6.07) is 14.9. The summed E-state index contributed by atoms with van der Waals surface area (Å²) in [5.41, 5.74) is 3.54. The molecule has 0 radical (unpaired) electrons. The molecule has 1 aliphatic carbocycles. The highest BCUT2D eigenvalue weighted by Crippen LogP contribution is 2.42. The van der Waals surface area contributed by atoms with Gasteiger partial charge in [0.05, 0.1) is 10.6 Å². The van der Waals surface area contributed by atoms with Gasteiger partial charge in [0, 0.05) is 42.7 Å². The van der Waals surface area contributed by atoms with Crippen molar-refractivity contribution in [1.29, 1.82) is 0 Å². The lowest BCUT2D eigenvalue weighted by atomic mass is 9.93. The van der Waals surface area contributed by atoms with Crippen LogP contribution in [0, 0.1) is 6.92 Å². The van der Waals surface area contributed by atoms with Gasteiger partial charge in [-0.3, -0.25) is 14.5 Å². The van der Waals surface area contributed by atoms with Gasteiger partial charge in [0.25, 0.3) is 11.8 Å². The molecule has 1 aliphatic heterocycles. The molecule has 1 fully saturated rings. The SMILES string of the molecule is CC[C@H](C)N(CCNC(=O)c1ccc2c(c1)N(C)C(=O)/C(=C\c1cccc(C)c1)S2)C1CCCCC1. The van der Waals surface area contributed by atoms with Crippen LogP contribution in [0.4, 0.5) is 5.69 Å². The van der Waals surface area contributed by atoms with Crippen LogP contribution in [0.3, 0.4) is 0 Å². The normalized spacial score (nSPS) is 18.4. The van der Waals surface area contributed by atoms with E-state index in [4.69, 9.17) is 0 Å². The molecule has 2 aromatic rings. The summed E-state index contributed by atoms with van der Waals surface area (Å²) in [5.74, 6) is -0.138. The largest absolute Gasteiger partial charge is 0.351 e. The van der Waals surface area contributed by atoms with E-state index in [-0.39, 0.29) is 11.8 Å². The second-order valence-corrected chi connectivity index (χ2v) is 11.2. The predicted octanol–water partition coefficient (Wildman–Crippen LogP) is 6.27. The number of fused-ring (bicyclic) bond motifs is 1. The molecule has 2 aliphatic rings. The molecule has 6 heteroatoms. The van der Waals surface area contributed by atoms with Crippen LogP contribution < -0.4 is 10.2 Å². The van der Waals surface area contributed by atoms with E-state index in [9.17, 15) is 9.59 Å². The molecule has 0 bridgehead atoms. The number of nitrogens with one attached hydrogen (secondary N) is 1. The van der Waals surface area contributed by atoms with Crippen LogP contribution in [0.5, 0.6) is 0 Å². The Morgan fingerprint density at radius 1 is 1.19 bits per heavy atom. The van der Waals surface area contributed by atoms with Crippen molar-refractivity contribution in [2.75, 3.05) is 25.0 Å². The highest BCUT2D eigenvalue weighted by atomic mass is 32.2. The second kappa shape index (κ2) is 12.1. The number of carbonyl (C=O) groups is 2. The predicted molar refractivity (Wildman–Crippen MR) is 151 cm³/mol. The Hall–Kier alpha value is -2.57. The van der Waals surface area contributed by atoms with Crippen molar-refractivity contribution in [2.24, 2.45) is 0 Å². The molecule has 0 aromatic heterocycles. The van der Waals surface area contributed by atoms with Gasteiger partial charge >= 0.3 is 0 Å². The fraction of sp³-hybridized carbons (Fsp3) is 0.467. The summed E-state index contributed by atoms with van der Waals surface area (Å²) in [6.07, 6.45) is 9.56. The molecule has 0 spiro atoms. The molecule has 1 saturated carbocycles. The number of thioether (sulfide) groups is 1. The lowest BCUT2D eigenvalue weighted by molar-refractivity contribution is -0.114.